The Morgan fingerprint density at radius 1 is 1.12 bits per heavy atom. The molecule has 0 saturated heterocycles. The maximum atomic E-state index is 14.1. The molecular formula is C27H22Cl2FNO3. The fourth-order valence-electron chi connectivity index (χ4n) is 3.83. The quantitative estimate of drug-likeness (QED) is 0.272. The first-order valence-corrected chi connectivity index (χ1v) is 11.4. The zero-order valence-electron chi connectivity index (χ0n) is 18.8. The lowest BCUT2D eigenvalue weighted by Crippen LogP contribution is -2.10. The van der Waals surface area contributed by atoms with E-state index in [1.165, 1.54) is 18.2 Å². The fourth-order valence-corrected chi connectivity index (χ4v) is 4.11. The zero-order valence-corrected chi connectivity index (χ0v) is 20.4. The summed E-state index contributed by atoms with van der Waals surface area (Å²) in [5, 5.41) is 4.34. The molecule has 0 saturated carbocycles. The van der Waals surface area contributed by atoms with Crippen LogP contribution in [0.4, 0.5) is 10.1 Å². The first kappa shape index (κ1) is 23.9. The van der Waals surface area contributed by atoms with Gasteiger partial charge >= 0.3 is 0 Å². The van der Waals surface area contributed by atoms with E-state index in [2.05, 4.69) is 5.32 Å². The Labute approximate surface area is 206 Å². The molecule has 0 fully saturated rings. The van der Waals surface area contributed by atoms with Gasteiger partial charge < -0.3 is 14.5 Å². The summed E-state index contributed by atoms with van der Waals surface area (Å²) in [7, 11) is 0. The number of carbonyl (C=O) groups is 1. The van der Waals surface area contributed by atoms with Gasteiger partial charge in [0.05, 0.1) is 18.6 Å². The summed E-state index contributed by atoms with van der Waals surface area (Å²) in [5.74, 6) is -0.444. The van der Waals surface area contributed by atoms with Crippen LogP contribution in [0.15, 0.2) is 65.3 Å². The molecule has 174 valence electrons. The number of ether oxygens (including phenoxy) is 1. The molecule has 34 heavy (non-hydrogen) atoms. The number of amides is 1. The molecule has 0 aliphatic carbocycles. The molecule has 0 atom stereocenters. The van der Waals surface area contributed by atoms with Crippen molar-refractivity contribution in [2.75, 3.05) is 11.9 Å². The third-order valence-corrected chi connectivity index (χ3v) is 5.94. The third-order valence-electron chi connectivity index (χ3n) is 5.45. The molecule has 0 aliphatic heterocycles. The predicted molar refractivity (Wildman–Crippen MR) is 136 cm³/mol. The Morgan fingerprint density at radius 2 is 1.82 bits per heavy atom. The zero-order chi connectivity index (χ0) is 24.4. The Morgan fingerprint density at radius 3 is 2.50 bits per heavy atom. The normalized spacial score (nSPS) is 11.6. The summed E-state index contributed by atoms with van der Waals surface area (Å²) in [6, 6.07) is 13.5. The molecular weight excluding hydrogens is 476 g/mol. The molecule has 4 aromatic rings. The summed E-state index contributed by atoms with van der Waals surface area (Å²) in [5.41, 5.74) is 4.84. The summed E-state index contributed by atoms with van der Waals surface area (Å²) in [6.07, 6.45) is 3.12. The van der Waals surface area contributed by atoms with E-state index in [4.69, 9.17) is 32.4 Å². The number of hydrogen-bond acceptors (Lipinski definition) is 3. The van der Waals surface area contributed by atoms with Crippen molar-refractivity contribution in [2.24, 2.45) is 0 Å². The summed E-state index contributed by atoms with van der Waals surface area (Å²) < 4.78 is 25.9. The first-order valence-electron chi connectivity index (χ1n) is 10.7. The molecule has 1 aromatic heterocycles. The van der Waals surface area contributed by atoms with Gasteiger partial charge in [-0.25, -0.2) is 4.39 Å². The minimum atomic E-state index is -0.606. The second-order valence-electron chi connectivity index (χ2n) is 7.78. The smallest absolute Gasteiger partial charge is 0.248 e. The van der Waals surface area contributed by atoms with Crippen molar-refractivity contribution >= 4 is 51.3 Å². The maximum Gasteiger partial charge on any atom is 0.248 e. The highest BCUT2D eigenvalue weighted by molar-refractivity contribution is 6.31. The van der Waals surface area contributed by atoms with Crippen molar-refractivity contribution in [3.8, 4) is 16.9 Å². The van der Waals surface area contributed by atoms with Crippen molar-refractivity contribution in [1.82, 2.24) is 0 Å². The average molecular weight is 498 g/mol. The number of anilines is 1. The van der Waals surface area contributed by atoms with Gasteiger partial charge in [0, 0.05) is 38.2 Å². The Balaban J connectivity index is 1.77. The van der Waals surface area contributed by atoms with Gasteiger partial charge in [0.15, 0.2) is 0 Å². The van der Waals surface area contributed by atoms with Crippen LogP contribution in [0.25, 0.3) is 27.7 Å². The molecule has 1 heterocycles. The molecule has 1 amide bonds. The van der Waals surface area contributed by atoms with E-state index in [-0.39, 0.29) is 10.7 Å². The van der Waals surface area contributed by atoms with Crippen LogP contribution < -0.4 is 10.1 Å². The maximum absolute atomic E-state index is 14.1. The van der Waals surface area contributed by atoms with Crippen LogP contribution in [0.1, 0.15) is 25.0 Å². The Hall–Kier alpha value is -3.28. The second kappa shape index (κ2) is 9.92. The molecule has 0 unspecified atom stereocenters. The monoisotopic (exact) mass is 497 g/mol. The highest BCUT2D eigenvalue weighted by Crippen LogP contribution is 2.41. The SMILES string of the molecule is CCOc1c(/C(C)=C/C(=O)Nc2ccc(Cl)cc2F)cc2c(-c3ccc(Cl)cc3)coc2c1C. The molecule has 0 radical (unpaired) electrons. The van der Waals surface area contributed by atoms with Crippen LogP contribution in [0.3, 0.4) is 0 Å². The lowest BCUT2D eigenvalue weighted by molar-refractivity contribution is -0.111. The fraction of sp³-hybridized carbons (Fsp3) is 0.148. The Kier molecular flexibility index (Phi) is 6.96. The van der Waals surface area contributed by atoms with Gasteiger partial charge in [0.1, 0.15) is 17.1 Å². The lowest BCUT2D eigenvalue weighted by atomic mass is 9.96. The van der Waals surface area contributed by atoms with Gasteiger partial charge in [0.25, 0.3) is 0 Å². The molecule has 0 bridgehead atoms. The van der Waals surface area contributed by atoms with E-state index < -0.39 is 11.7 Å². The highest BCUT2D eigenvalue weighted by atomic mass is 35.5. The molecule has 0 aliphatic rings. The predicted octanol–water partition coefficient (Wildman–Crippen LogP) is 8.29. The number of allylic oxidation sites excluding steroid dienone is 1. The molecule has 4 nitrogen and oxygen atoms in total. The van der Waals surface area contributed by atoms with Gasteiger partial charge in [-0.05, 0) is 68.3 Å². The molecule has 0 spiro atoms. The van der Waals surface area contributed by atoms with Gasteiger partial charge in [-0.2, -0.15) is 0 Å². The number of furan rings is 1. The van der Waals surface area contributed by atoms with Crippen LogP contribution >= 0.6 is 23.2 Å². The Bertz CT molecular complexity index is 1410. The number of rotatable bonds is 6. The van der Waals surface area contributed by atoms with E-state index in [0.29, 0.717) is 28.5 Å². The van der Waals surface area contributed by atoms with E-state index in [9.17, 15) is 9.18 Å². The molecule has 4 rings (SSSR count). The van der Waals surface area contributed by atoms with Crippen molar-refractivity contribution in [2.45, 2.75) is 20.8 Å². The van der Waals surface area contributed by atoms with Crippen LogP contribution in [0.2, 0.25) is 10.0 Å². The van der Waals surface area contributed by atoms with Crippen LogP contribution in [0, 0.1) is 12.7 Å². The number of benzene rings is 3. The van der Waals surface area contributed by atoms with Gasteiger partial charge in [0.2, 0.25) is 5.91 Å². The molecule has 3 aromatic carbocycles. The van der Waals surface area contributed by atoms with Crippen molar-refractivity contribution in [3.05, 3.63) is 87.9 Å². The van der Waals surface area contributed by atoms with E-state index in [1.807, 2.05) is 51.1 Å². The largest absolute Gasteiger partial charge is 0.493 e. The number of carbonyl (C=O) groups excluding carboxylic acids is 1. The number of halogens is 3. The number of nitrogens with one attached hydrogen (secondary N) is 1. The number of hydrogen-bond donors (Lipinski definition) is 1. The van der Waals surface area contributed by atoms with E-state index in [0.717, 1.165) is 33.7 Å². The van der Waals surface area contributed by atoms with Crippen molar-refractivity contribution in [1.29, 1.82) is 0 Å². The second-order valence-corrected chi connectivity index (χ2v) is 8.66. The first-order chi connectivity index (χ1) is 16.3. The van der Waals surface area contributed by atoms with Crippen molar-refractivity contribution < 1.29 is 18.3 Å². The van der Waals surface area contributed by atoms with Crippen molar-refractivity contribution in [3.63, 3.8) is 0 Å². The highest BCUT2D eigenvalue weighted by Gasteiger charge is 2.19. The standard InChI is InChI=1S/C27H22Cl2FNO3/c1-4-33-26-16(3)27-21(22(14-34-27)17-5-7-18(28)8-6-17)13-20(26)15(2)11-25(32)31-24-10-9-19(29)12-23(24)30/h5-14H,4H2,1-3H3,(H,31,32)/b15-11+. The molecule has 1 N–H and O–H groups in total. The summed E-state index contributed by atoms with van der Waals surface area (Å²) >= 11 is 11.8. The summed E-state index contributed by atoms with van der Waals surface area (Å²) in [4.78, 5) is 12.7. The number of fused-ring (bicyclic) bond motifs is 1. The van der Waals surface area contributed by atoms with Gasteiger partial charge in [-0.15, -0.1) is 0 Å². The number of aryl methyl sites for hydroxylation is 1. The lowest BCUT2D eigenvalue weighted by Gasteiger charge is -2.15. The van der Waals surface area contributed by atoms with Crippen LogP contribution in [0.5, 0.6) is 5.75 Å². The van der Waals surface area contributed by atoms with Gasteiger partial charge in [-0.3, -0.25) is 4.79 Å². The topological polar surface area (TPSA) is 51.5 Å². The van der Waals surface area contributed by atoms with E-state index in [1.54, 1.807) is 6.26 Å². The molecule has 7 heteroatoms. The average Bonchev–Trinajstić information content (AvgIpc) is 3.22. The third kappa shape index (κ3) is 4.81. The minimum Gasteiger partial charge on any atom is -0.493 e. The van der Waals surface area contributed by atoms with Gasteiger partial charge in [-0.1, -0.05) is 35.3 Å². The summed E-state index contributed by atoms with van der Waals surface area (Å²) in [6.45, 7) is 6.06. The van der Waals surface area contributed by atoms with E-state index >= 15 is 0 Å². The minimum absolute atomic E-state index is 0.0509. The van der Waals surface area contributed by atoms with Crippen LogP contribution in [-0.2, 0) is 4.79 Å². The van der Waals surface area contributed by atoms with Crippen LogP contribution in [-0.4, -0.2) is 12.5 Å².